The summed E-state index contributed by atoms with van der Waals surface area (Å²) in [6.45, 7) is 18.3. The Balaban J connectivity index is 1.43. The minimum Gasteiger partial charge on any atom is -0.468 e. The number of ether oxygens (including phenoxy) is 4. The molecule has 0 saturated carbocycles. The summed E-state index contributed by atoms with van der Waals surface area (Å²) >= 11 is 0. The predicted octanol–water partition coefficient (Wildman–Crippen LogP) is 9.25. The van der Waals surface area contributed by atoms with Crippen molar-refractivity contribution in [3.8, 4) is 34.5 Å². The van der Waals surface area contributed by atoms with E-state index in [1.807, 2.05) is 6.92 Å². The Hall–Kier alpha value is -3.96. The third-order valence-corrected chi connectivity index (χ3v) is 18.8. The Morgan fingerprint density at radius 3 is 2.51 bits per heavy atom. The maximum absolute atomic E-state index is 17.6. The summed E-state index contributed by atoms with van der Waals surface area (Å²) in [4.78, 5) is 18.5. The zero-order valence-corrected chi connectivity index (χ0v) is 35.6. The van der Waals surface area contributed by atoms with E-state index in [9.17, 15) is 4.39 Å². The van der Waals surface area contributed by atoms with Gasteiger partial charge in [0.15, 0.2) is 12.6 Å². The number of nitrogens with zero attached hydrogens (tertiary/aromatic N) is 5. The second-order valence-corrected chi connectivity index (χ2v) is 22.6. The Morgan fingerprint density at radius 2 is 1.77 bits per heavy atom. The average Bonchev–Trinajstić information content (AvgIpc) is 3.60. The molecule has 13 heteroatoms. The monoisotopic (exact) mass is 803 g/mol. The Morgan fingerprint density at radius 1 is 1.00 bits per heavy atom. The molecule has 3 atom stereocenters. The van der Waals surface area contributed by atoms with Crippen molar-refractivity contribution in [2.24, 2.45) is 0 Å². The van der Waals surface area contributed by atoms with E-state index in [2.05, 4.69) is 62.8 Å². The van der Waals surface area contributed by atoms with E-state index in [1.165, 1.54) is 13.2 Å². The average molecular weight is 804 g/mol. The van der Waals surface area contributed by atoms with Gasteiger partial charge in [-0.1, -0.05) is 53.5 Å². The number of methoxy groups -OCH3 is 1. The van der Waals surface area contributed by atoms with Gasteiger partial charge in [0.2, 0.25) is 0 Å². The van der Waals surface area contributed by atoms with Crippen LogP contribution in [0.25, 0.3) is 32.9 Å². The summed E-state index contributed by atoms with van der Waals surface area (Å²) in [6.07, 6.45) is 3.46. The van der Waals surface area contributed by atoms with Crippen LogP contribution in [0.2, 0.25) is 16.6 Å². The lowest BCUT2D eigenvalue weighted by molar-refractivity contribution is 0.0512. The number of halogens is 3. The number of rotatable bonds is 11. The summed E-state index contributed by atoms with van der Waals surface area (Å²) < 4.78 is 71.9. The molecular weight excluding hydrogens is 748 g/mol. The van der Waals surface area contributed by atoms with Crippen molar-refractivity contribution in [3.63, 3.8) is 0 Å². The molecule has 3 fully saturated rings. The molecule has 0 aliphatic carbocycles. The van der Waals surface area contributed by atoms with E-state index in [4.69, 9.17) is 33.9 Å². The minimum atomic E-state index is -2.29. The quantitative estimate of drug-likeness (QED) is 0.0838. The molecule has 3 aliphatic rings. The van der Waals surface area contributed by atoms with Gasteiger partial charge in [0, 0.05) is 56.9 Å². The Labute approximate surface area is 335 Å². The molecule has 0 unspecified atom stereocenters. The molecule has 0 N–H and O–H groups in total. The van der Waals surface area contributed by atoms with E-state index < -0.39 is 31.4 Å². The topological polar surface area (TPSA) is 82.1 Å². The number of aromatic nitrogens is 3. The number of fused-ring (bicyclic) bond motifs is 3. The van der Waals surface area contributed by atoms with Gasteiger partial charge in [-0.2, -0.15) is 9.97 Å². The summed E-state index contributed by atoms with van der Waals surface area (Å²) in [6, 6.07) is 6.51. The van der Waals surface area contributed by atoms with Crippen molar-refractivity contribution < 1.29 is 32.1 Å². The maximum Gasteiger partial charge on any atom is 0.319 e. The van der Waals surface area contributed by atoms with Crippen molar-refractivity contribution in [1.29, 1.82) is 0 Å². The normalized spacial score (nSPS) is 21.8. The summed E-state index contributed by atoms with van der Waals surface area (Å²) in [5, 5.41) is 1.46. The van der Waals surface area contributed by atoms with Gasteiger partial charge in [0.05, 0.1) is 22.6 Å². The Kier molecular flexibility index (Phi) is 12.1. The van der Waals surface area contributed by atoms with Crippen LogP contribution in [0.1, 0.15) is 79.7 Å². The molecule has 306 valence electrons. The molecule has 0 bridgehead atoms. The van der Waals surface area contributed by atoms with Crippen LogP contribution in [0.15, 0.2) is 30.5 Å². The van der Waals surface area contributed by atoms with Crippen molar-refractivity contribution in [2.45, 2.75) is 109 Å². The number of anilines is 1. The van der Waals surface area contributed by atoms with E-state index in [0.29, 0.717) is 82.6 Å². The molecule has 2 aromatic carbocycles. The zero-order valence-electron chi connectivity index (χ0n) is 34.6. The van der Waals surface area contributed by atoms with Gasteiger partial charge in [0.1, 0.15) is 49.4 Å². The predicted molar refractivity (Wildman–Crippen MR) is 221 cm³/mol. The molecule has 0 radical (unpaired) electrons. The van der Waals surface area contributed by atoms with E-state index in [1.54, 1.807) is 24.4 Å². The van der Waals surface area contributed by atoms with E-state index >= 15 is 8.78 Å². The van der Waals surface area contributed by atoms with Crippen LogP contribution >= 0.6 is 0 Å². The fourth-order valence-electron chi connectivity index (χ4n) is 9.89. The highest BCUT2D eigenvalue weighted by Gasteiger charge is 2.49. The maximum atomic E-state index is 17.6. The number of alkyl halides is 1. The van der Waals surface area contributed by atoms with Crippen molar-refractivity contribution in [1.82, 2.24) is 19.9 Å². The lowest BCUT2D eigenvalue weighted by Gasteiger charge is -2.38. The van der Waals surface area contributed by atoms with Crippen LogP contribution in [-0.2, 0) is 9.47 Å². The summed E-state index contributed by atoms with van der Waals surface area (Å²) in [7, 11) is -0.770. The fourth-order valence-corrected chi connectivity index (χ4v) is 15.1. The van der Waals surface area contributed by atoms with Gasteiger partial charge < -0.3 is 23.8 Å². The first-order valence-electron chi connectivity index (χ1n) is 20.4. The van der Waals surface area contributed by atoms with E-state index in [-0.39, 0.29) is 42.3 Å². The smallest absolute Gasteiger partial charge is 0.319 e. The molecule has 7 rings (SSSR count). The first-order chi connectivity index (χ1) is 27.3. The molecule has 4 aromatic rings. The highest BCUT2D eigenvalue weighted by molar-refractivity contribution is 6.90. The second kappa shape index (κ2) is 16.7. The second-order valence-electron chi connectivity index (χ2n) is 17.0. The minimum absolute atomic E-state index is 0.00638. The number of pyridine rings is 1. The standard InChI is InChI=1S/C44H56F3N5O4Si/c1-27(2)57(28(3)4,29(5)6)18-13-34-37(46)12-11-31-19-33(56-26-53-8)20-35(38(31)34)40-39(47)41-36(22-48-40)42(51-15-10-17-54-30(7)23-51)50-43(49-41)55-25-44-14-9-16-52(44)24-32(45)21-44/h11-12,19-20,22,27-30,32H,9-10,14-17,21,23-26H2,1-8H3/t30-,32-,44+/m1/s1. The molecule has 0 amide bonds. The van der Waals surface area contributed by atoms with Crippen molar-refractivity contribution in [3.05, 3.63) is 47.7 Å². The zero-order chi connectivity index (χ0) is 40.6. The summed E-state index contributed by atoms with van der Waals surface area (Å²) in [5.41, 5.74) is 4.67. The lowest BCUT2D eigenvalue weighted by Crippen LogP contribution is -2.43. The third kappa shape index (κ3) is 7.82. The van der Waals surface area contributed by atoms with Gasteiger partial charge in [-0.25, -0.2) is 13.2 Å². The molecule has 0 spiro atoms. The Bertz CT molecular complexity index is 2160. The summed E-state index contributed by atoms with van der Waals surface area (Å²) in [5.74, 6) is 3.00. The van der Waals surface area contributed by atoms with Gasteiger partial charge in [-0.15, -0.1) is 5.54 Å². The van der Waals surface area contributed by atoms with Gasteiger partial charge >= 0.3 is 6.01 Å². The third-order valence-electron chi connectivity index (χ3n) is 12.5. The van der Waals surface area contributed by atoms with Crippen molar-refractivity contribution in [2.75, 3.05) is 58.2 Å². The fraction of sp³-hybridized carbons (Fsp3) is 0.568. The molecule has 5 heterocycles. The lowest BCUT2D eigenvalue weighted by atomic mass is 9.95. The first-order valence-corrected chi connectivity index (χ1v) is 22.7. The largest absolute Gasteiger partial charge is 0.468 e. The van der Waals surface area contributed by atoms with Gasteiger partial charge in [0.25, 0.3) is 0 Å². The SMILES string of the molecule is COCOc1cc(-c2ncc3c(N4CCCO[C@H](C)C4)nc(OC[C@@]45CCCN4C[C@H](F)C5)nc3c2F)c2c(C#C[Si](C(C)C)(C(C)C)C(C)C)c(F)ccc2c1. The number of hydrogen-bond donors (Lipinski definition) is 0. The highest BCUT2D eigenvalue weighted by atomic mass is 28.3. The van der Waals surface area contributed by atoms with Crippen molar-refractivity contribution >= 4 is 35.6 Å². The van der Waals surface area contributed by atoms with Crippen LogP contribution in [-0.4, -0.2) is 99.0 Å². The van der Waals surface area contributed by atoms with Crippen LogP contribution in [0.4, 0.5) is 19.0 Å². The van der Waals surface area contributed by atoms with Crippen LogP contribution in [0.5, 0.6) is 11.8 Å². The highest BCUT2D eigenvalue weighted by Crippen LogP contribution is 2.44. The van der Waals surface area contributed by atoms with Crippen LogP contribution in [0, 0.1) is 23.1 Å². The molecule has 2 aromatic heterocycles. The molecule has 57 heavy (non-hydrogen) atoms. The van der Waals surface area contributed by atoms with E-state index in [0.717, 1.165) is 25.8 Å². The van der Waals surface area contributed by atoms with Crippen LogP contribution in [0.3, 0.4) is 0 Å². The first kappa shape index (κ1) is 41.2. The molecular formula is C44H56F3N5O4Si. The van der Waals surface area contributed by atoms with Crippen LogP contribution < -0.4 is 14.4 Å². The van der Waals surface area contributed by atoms with Gasteiger partial charge in [-0.3, -0.25) is 9.88 Å². The van der Waals surface area contributed by atoms with Gasteiger partial charge in [-0.05, 0) is 72.9 Å². The molecule has 9 nitrogen and oxygen atoms in total. The number of benzene rings is 2. The number of hydrogen-bond acceptors (Lipinski definition) is 9. The molecule has 3 aliphatic heterocycles. The molecule has 3 saturated heterocycles.